The number of nitrogens with zero attached hydrogens (tertiary/aromatic N) is 2. The molecule has 3 rings (SSSR count). The van der Waals surface area contributed by atoms with Crippen LogP contribution >= 0.6 is 12.4 Å². The van der Waals surface area contributed by atoms with Gasteiger partial charge in [-0.05, 0) is 43.5 Å². The van der Waals surface area contributed by atoms with Gasteiger partial charge in [0.05, 0.1) is 5.54 Å². The van der Waals surface area contributed by atoms with E-state index in [1.54, 1.807) is 12.1 Å². The molecule has 1 aromatic heterocycles. The molecule has 1 amide bonds. The summed E-state index contributed by atoms with van der Waals surface area (Å²) in [5.41, 5.74) is 7.28. The summed E-state index contributed by atoms with van der Waals surface area (Å²) >= 11 is 0. The Bertz CT molecular complexity index is 635. The van der Waals surface area contributed by atoms with E-state index in [1.807, 2.05) is 12.1 Å². The van der Waals surface area contributed by atoms with E-state index in [-0.39, 0.29) is 18.3 Å². The van der Waals surface area contributed by atoms with Gasteiger partial charge < -0.3 is 15.6 Å². The Balaban J connectivity index is 0.00000161. The number of nitrogens with one attached hydrogen (secondary N) is 1. The van der Waals surface area contributed by atoms with Gasteiger partial charge in [0.15, 0.2) is 5.82 Å². The maximum Gasteiger partial charge on any atom is 0.257 e. The van der Waals surface area contributed by atoms with Crippen molar-refractivity contribution in [3.8, 4) is 11.5 Å². The molecule has 112 valence electrons. The summed E-state index contributed by atoms with van der Waals surface area (Å²) in [4.78, 5) is 15.3. The summed E-state index contributed by atoms with van der Waals surface area (Å²) in [5, 5.41) is 6.68. The van der Waals surface area contributed by atoms with Crippen molar-refractivity contribution in [1.82, 2.24) is 10.1 Å². The third-order valence-electron chi connectivity index (χ3n) is 3.57. The first-order chi connectivity index (χ1) is 9.57. The van der Waals surface area contributed by atoms with E-state index in [9.17, 15) is 4.79 Å². The highest BCUT2D eigenvalue weighted by atomic mass is 35.5. The summed E-state index contributed by atoms with van der Waals surface area (Å²) in [7, 11) is 0. The molecule has 0 bridgehead atoms. The first-order valence-electron chi connectivity index (χ1n) is 6.58. The highest BCUT2D eigenvalue weighted by molar-refractivity contribution is 5.88. The Kier molecular flexibility index (Phi) is 4.29. The van der Waals surface area contributed by atoms with E-state index < -0.39 is 5.54 Å². The Morgan fingerprint density at radius 3 is 2.52 bits per heavy atom. The van der Waals surface area contributed by atoms with Gasteiger partial charge in [0.2, 0.25) is 5.91 Å². The minimum absolute atomic E-state index is 0. The number of rotatable bonds is 3. The molecule has 2 aromatic rings. The number of benzene rings is 1. The Labute approximate surface area is 128 Å². The van der Waals surface area contributed by atoms with Crippen molar-refractivity contribution in [1.29, 1.82) is 0 Å². The van der Waals surface area contributed by atoms with E-state index in [0.29, 0.717) is 11.7 Å². The van der Waals surface area contributed by atoms with Crippen molar-refractivity contribution in [2.75, 3.05) is 5.32 Å². The molecule has 7 heteroatoms. The van der Waals surface area contributed by atoms with Crippen molar-refractivity contribution >= 4 is 24.0 Å². The van der Waals surface area contributed by atoms with Crippen LogP contribution < -0.4 is 11.1 Å². The second-order valence-corrected chi connectivity index (χ2v) is 5.19. The van der Waals surface area contributed by atoms with Gasteiger partial charge in [-0.25, -0.2) is 0 Å². The molecule has 0 atom stereocenters. The summed E-state index contributed by atoms with van der Waals surface area (Å²) in [6, 6.07) is 7.24. The highest BCUT2D eigenvalue weighted by Crippen LogP contribution is 2.37. The average Bonchev–Trinajstić information content (AvgIpc) is 2.86. The predicted octanol–water partition coefficient (Wildman–Crippen LogP) is 2.45. The molecule has 21 heavy (non-hydrogen) atoms. The number of hydrogen-bond donors (Lipinski definition) is 2. The Morgan fingerprint density at radius 1 is 1.33 bits per heavy atom. The minimum Gasteiger partial charge on any atom is -0.334 e. The van der Waals surface area contributed by atoms with Crippen molar-refractivity contribution in [3.63, 3.8) is 0 Å². The smallest absolute Gasteiger partial charge is 0.257 e. The van der Waals surface area contributed by atoms with Gasteiger partial charge in [0.1, 0.15) is 0 Å². The number of halogens is 1. The predicted molar refractivity (Wildman–Crippen MR) is 81.0 cm³/mol. The number of aromatic nitrogens is 2. The van der Waals surface area contributed by atoms with Crippen LogP contribution in [-0.2, 0) is 10.3 Å². The van der Waals surface area contributed by atoms with E-state index in [4.69, 9.17) is 10.3 Å². The van der Waals surface area contributed by atoms with E-state index in [1.165, 1.54) is 6.92 Å². The van der Waals surface area contributed by atoms with Gasteiger partial charge in [-0.15, -0.1) is 12.4 Å². The van der Waals surface area contributed by atoms with Crippen molar-refractivity contribution < 1.29 is 9.32 Å². The van der Waals surface area contributed by atoms with Gasteiger partial charge in [-0.3, -0.25) is 4.79 Å². The normalized spacial score (nSPS) is 15.7. The number of hydrogen-bond acceptors (Lipinski definition) is 5. The first-order valence-corrected chi connectivity index (χ1v) is 6.58. The minimum atomic E-state index is -0.419. The molecule has 0 unspecified atom stereocenters. The number of carbonyl (C=O) groups is 1. The first kappa shape index (κ1) is 15.5. The number of nitrogens with two attached hydrogens (primary N) is 1. The second kappa shape index (κ2) is 5.83. The monoisotopic (exact) mass is 308 g/mol. The van der Waals surface area contributed by atoms with Crippen LogP contribution in [0.2, 0.25) is 0 Å². The molecule has 1 aliphatic carbocycles. The average molecular weight is 309 g/mol. The maximum absolute atomic E-state index is 11.0. The maximum atomic E-state index is 11.0. The lowest BCUT2D eigenvalue weighted by Crippen LogP contribution is -2.44. The highest BCUT2D eigenvalue weighted by Gasteiger charge is 2.39. The molecule has 1 saturated carbocycles. The van der Waals surface area contributed by atoms with E-state index in [0.717, 1.165) is 30.5 Å². The van der Waals surface area contributed by atoms with Crippen molar-refractivity contribution in [2.24, 2.45) is 5.73 Å². The molecular weight excluding hydrogens is 292 g/mol. The summed E-state index contributed by atoms with van der Waals surface area (Å²) in [5.74, 6) is 0.920. The summed E-state index contributed by atoms with van der Waals surface area (Å²) in [6.45, 7) is 1.47. The summed E-state index contributed by atoms with van der Waals surface area (Å²) < 4.78 is 5.27. The van der Waals surface area contributed by atoms with Crippen LogP contribution in [0, 0.1) is 0 Å². The van der Waals surface area contributed by atoms with Crippen LogP contribution in [0.5, 0.6) is 0 Å². The third kappa shape index (κ3) is 3.06. The van der Waals surface area contributed by atoms with Gasteiger partial charge in [-0.2, -0.15) is 4.98 Å². The van der Waals surface area contributed by atoms with Crippen molar-refractivity contribution in [3.05, 3.63) is 30.1 Å². The zero-order valence-corrected chi connectivity index (χ0v) is 12.4. The molecule has 1 aliphatic rings. The Morgan fingerprint density at radius 2 is 2.00 bits per heavy atom. The number of anilines is 1. The summed E-state index contributed by atoms with van der Waals surface area (Å²) in [6.07, 6.45) is 2.90. The van der Waals surface area contributed by atoms with Crippen LogP contribution in [0.4, 0.5) is 5.69 Å². The lowest BCUT2D eigenvalue weighted by Gasteiger charge is -2.34. The topological polar surface area (TPSA) is 94.0 Å². The molecule has 3 N–H and O–H groups in total. The largest absolute Gasteiger partial charge is 0.334 e. The number of carbonyl (C=O) groups excluding carboxylic acids is 1. The zero-order valence-electron chi connectivity index (χ0n) is 11.6. The van der Waals surface area contributed by atoms with Crippen LogP contribution in [0.25, 0.3) is 11.5 Å². The van der Waals surface area contributed by atoms with Crippen LogP contribution in [0.1, 0.15) is 32.0 Å². The molecule has 0 radical (unpaired) electrons. The van der Waals surface area contributed by atoms with Crippen molar-refractivity contribution in [2.45, 2.75) is 31.7 Å². The van der Waals surface area contributed by atoms with Crippen LogP contribution in [-0.4, -0.2) is 16.0 Å². The fraction of sp³-hybridized carbons (Fsp3) is 0.357. The van der Waals surface area contributed by atoms with Gasteiger partial charge in [0, 0.05) is 18.2 Å². The lowest BCUT2D eigenvalue weighted by atomic mass is 9.77. The molecule has 0 spiro atoms. The molecule has 1 aromatic carbocycles. The van der Waals surface area contributed by atoms with Gasteiger partial charge in [-0.1, -0.05) is 5.16 Å². The quantitative estimate of drug-likeness (QED) is 0.908. The molecule has 1 fully saturated rings. The van der Waals surface area contributed by atoms with Gasteiger partial charge in [0.25, 0.3) is 5.89 Å². The van der Waals surface area contributed by atoms with E-state index >= 15 is 0 Å². The second-order valence-electron chi connectivity index (χ2n) is 5.19. The molecule has 0 saturated heterocycles. The number of amides is 1. The van der Waals surface area contributed by atoms with E-state index in [2.05, 4.69) is 15.5 Å². The fourth-order valence-electron chi connectivity index (χ4n) is 2.22. The molecular formula is C14H17ClN4O2. The Hall–Kier alpha value is -1.92. The molecule has 6 nitrogen and oxygen atoms in total. The van der Waals surface area contributed by atoms with Gasteiger partial charge >= 0.3 is 0 Å². The zero-order chi connectivity index (χ0) is 14.2. The molecule has 1 heterocycles. The fourth-order valence-corrected chi connectivity index (χ4v) is 2.22. The standard InChI is InChI=1S/C14H16N4O2.ClH/c1-9(19)16-11-5-3-10(4-6-11)12-17-13(18-20-12)14(15)7-2-8-14;/h3-6H,2,7-8,15H2,1H3,(H,16,19);1H. The third-order valence-corrected chi connectivity index (χ3v) is 3.57. The van der Waals surface area contributed by atoms with Crippen LogP contribution in [0.3, 0.4) is 0 Å². The van der Waals surface area contributed by atoms with Crippen LogP contribution in [0.15, 0.2) is 28.8 Å². The SMILES string of the molecule is CC(=O)Nc1ccc(-c2nc(C3(N)CCC3)no2)cc1.Cl. The lowest BCUT2D eigenvalue weighted by molar-refractivity contribution is -0.114. The molecule has 0 aliphatic heterocycles.